The molecule has 0 heterocycles. The number of benzene rings is 2. The molecule has 104 valence electrons. The molecular weight excluding hydrogens is 250 g/mol. The van der Waals surface area contributed by atoms with Crippen LogP contribution in [0.15, 0.2) is 42.5 Å². The van der Waals surface area contributed by atoms with Crippen molar-refractivity contribution in [1.82, 2.24) is 5.32 Å². The molecule has 0 spiro atoms. The number of fused-ring (bicyclic) bond motifs is 1. The fourth-order valence-electron chi connectivity index (χ4n) is 2.60. The maximum absolute atomic E-state index is 12.2. The predicted octanol–water partition coefficient (Wildman–Crippen LogP) is 2.98. The Balaban J connectivity index is 2.05. The van der Waals surface area contributed by atoms with Gasteiger partial charge in [0.15, 0.2) is 0 Å². The third kappa shape index (κ3) is 2.29. The van der Waals surface area contributed by atoms with Crippen LogP contribution in [0.5, 0.6) is 0 Å². The van der Waals surface area contributed by atoms with E-state index in [0.29, 0.717) is 6.04 Å². The molecule has 0 saturated heterocycles. The molecule has 0 amide bonds. The van der Waals surface area contributed by atoms with Crippen molar-refractivity contribution >= 4 is 16.7 Å². The van der Waals surface area contributed by atoms with E-state index in [4.69, 9.17) is 4.74 Å². The molecule has 2 aromatic carbocycles. The van der Waals surface area contributed by atoms with Crippen molar-refractivity contribution in [3.05, 3.63) is 48.0 Å². The Kier molecular flexibility index (Phi) is 3.22. The quantitative estimate of drug-likeness (QED) is 0.867. The first kappa shape index (κ1) is 13.1. The van der Waals surface area contributed by atoms with Crippen molar-refractivity contribution in [2.24, 2.45) is 0 Å². The number of hydrogen-bond acceptors (Lipinski definition) is 3. The second-order valence-electron chi connectivity index (χ2n) is 5.60. The molecule has 0 radical (unpaired) electrons. The number of rotatable bonds is 4. The summed E-state index contributed by atoms with van der Waals surface area (Å²) in [5, 5.41) is 5.74. The molecule has 0 aromatic heterocycles. The van der Waals surface area contributed by atoms with Crippen LogP contribution in [0.1, 0.15) is 25.3 Å². The molecule has 3 rings (SSSR count). The van der Waals surface area contributed by atoms with E-state index in [9.17, 15) is 4.79 Å². The van der Waals surface area contributed by atoms with Crippen LogP contribution in [0.2, 0.25) is 0 Å². The summed E-state index contributed by atoms with van der Waals surface area (Å²) in [6.45, 7) is 1.90. The lowest BCUT2D eigenvalue weighted by Gasteiger charge is -2.29. The summed E-state index contributed by atoms with van der Waals surface area (Å²) in [7, 11) is 1.44. The van der Waals surface area contributed by atoms with E-state index in [1.165, 1.54) is 12.5 Å². The van der Waals surface area contributed by atoms with Crippen molar-refractivity contribution < 1.29 is 9.53 Å². The van der Waals surface area contributed by atoms with Gasteiger partial charge in [0.1, 0.15) is 5.54 Å². The van der Waals surface area contributed by atoms with Gasteiger partial charge in [0.2, 0.25) is 0 Å². The highest BCUT2D eigenvalue weighted by molar-refractivity contribution is 5.87. The van der Waals surface area contributed by atoms with Crippen LogP contribution in [-0.4, -0.2) is 19.1 Å². The second kappa shape index (κ2) is 4.91. The van der Waals surface area contributed by atoms with E-state index in [-0.39, 0.29) is 5.97 Å². The van der Waals surface area contributed by atoms with Crippen LogP contribution in [0, 0.1) is 0 Å². The third-order valence-corrected chi connectivity index (χ3v) is 3.99. The van der Waals surface area contributed by atoms with Gasteiger partial charge < -0.3 is 4.74 Å². The summed E-state index contributed by atoms with van der Waals surface area (Å²) in [6, 6.07) is 14.7. The Morgan fingerprint density at radius 1 is 1.20 bits per heavy atom. The standard InChI is InChI=1S/C17H19NO2/c1-17(16(19)20-2,18-15-9-10-15)14-8-7-12-5-3-4-6-13(12)11-14/h3-8,11,15,18H,9-10H2,1-2H3. The summed E-state index contributed by atoms with van der Waals surface area (Å²) < 4.78 is 5.01. The molecule has 1 aliphatic rings. The molecule has 1 unspecified atom stereocenters. The van der Waals surface area contributed by atoms with Crippen molar-refractivity contribution in [2.45, 2.75) is 31.3 Å². The van der Waals surface area contributed by atoms with Crippen molar-refractivity contribution in [1.29, 1.82) is 0 Å². The fourth-order valence-corrected chi connectivity index (χ4v) is 2.60. The maximum Gasteiger partial charge on any atom is 0.330 e. The summed E-state index contributed by atoms with van der Waals surface area (Å²) in [6.07, 6.45) is 2.25. The zero-order valence-corrected chi connectivity index (χ0v) is 11.8. The number of nitrogens with one attached hydrogen (secondary N) is 1. The van der Waals surface area contributed by atoms with Crippen LogP contribution >= 0.6 is 0 Å². The largest absolute Gasteiger partial charge is 0.467 e. The van der Waals surface area contributed by atoms with Crippen LogP contribution in [0.3, 0.4) is 0 Å². The highest BCUT2D eigenvalue weighted by Gasteiger charge is 2.40. The molecule has 1 fully saturated rings. The SMILES string of the molecule is COC(=O)C(C)(NC1CC1)c1ccc2ccccc2c1. The van der Waals surface area contributed by atoms with Crippen molar-refractivity contribution in [2.75, 3.05) is 7.11 Å². The van der Waals surface area contributed by atoms with E-state index in [1.807, 2.05) is 25.1 Å². The molecular formula is C17H19NO2. The van der Waals surface area contributed by atoms with Gasteiger partial charge in [-0.2, -0.15) is 0 Å². The molecule has 2 aromatic rings. The number of esters is 1. The molecule has 0 aliphatic heterocycles. The monoisotopic (exact) mass is 269 g/mol. The van der Waals surface area contributed by atoms with Gasteiger partial charge in [0.05, 0.1) is 7.11 Å². The number of ether oxygens (including phenoxy) is 1. The normalized spacial score (nSPS) is 17.7. The van der Waals surface area contributed by atoms with Gasteiger partial charge in [0, 0.05) is 6.04 Å². The smallest absolute Gasteiger partial charge is 0.330 e. The molecule has 0 bridgehead atoms. The maximum atomic E-state index is 12.2. The Morgan fingerprint density at radius 2 is 1.90 bits per heavy atom. The predicted molar refractivity (Wildman–Crippen MR) is 79.5 cm³/mol. The summed E-state index contributed by atoms with van der Waals surface area (Å²) in [5.74, 6) is -0.236. The number of carbonyl (C=O) groups excluding carboxylic acids is 1. The van der Waals surface area contributed by atoms with Gasteiger partial charge in [0.25, 0.3) is 0 Å². The molecule has 20 heavy (non-hydrogen) atoms. The fraction of sp³-hybridized carbons (Fsp3) is 0.353. The average molecular weight is 269 g/mol. The Morgan fingerprint density at radius 3 is 2.55 bits per heavy atom. The van der Waals surface area contributed by atoms with E-state index >= 15 is 0 Å². The lowest BCUT2D eigenvalue weighted by molar-refractivity contribution is -0.148. The molecule has 1 aliphatic carbocycles. The zero-order chi connectivity index (χ0) is 14.2. The summed E-state index contributed by atoms with van der Waals surface area (Å²) in [4.78, 5) is 12.2. The minimum Gasteiger partial charge on any atom is -0.467 e. The Hall–Kier alpha value is -1.87. The minimum absolute atomic E-state index is 0.236. The first-order valence-electron chi connectivity index (χ1n) is 6.99. The number of methoxy groups -OCH3 is 1. The van der Waals surface area contributed by atoms with Gasteiger partial charge in [-0.05, 0) is 42.2 Å². The van der Waals surface area contributed by atoms with Gasteiger partial charge in [-0.3, -0.25) is 5.32 Å². The van der Waals surface area contributed by atoms with Crippen LogP contribution in [-0.2, 0) is 15.1 Å². The van der Waals surface area contributed by atoms with Gasteiger partial charge >= 0.3 is 5.97 Å². The lowest BCUT2D eigenvalue weighted by atomic mass is 9.90. The topological polar surface area (TPSA) is 38.3 Å². The second-order valence-corrected chi connectivity index (χ2v) is 5.60. The van der Waals surface area contributed by atoms with Gasteiger partial charge in [-0.25, -0.2) is 4.79 Å². The molecule has 1 atom stereocenters. The van der Waals surface area contributed by atoms with E-state index < -0.39 is 5.54 Å². The molecule has 3 nitrogen and oxygen atoms in total. The highest BCUT2D eigenvalue weighted by atomic mass is 16.5. The summed E-state index contributed by atoms with van der Waals surface area (Å²) >= 11 is 0. The minimum atomic E-state index is -0.778. The summed E-state index contributed by atoms with van der Waals surface area (Å²) in [5.41, 5.74) is 0.176. The first-order valence-corrected chi connectivity index (χ1v) is 6.99. The van der Waals surface area contributed by atoms with Gasteiger partial charge in [-0.15, -0.1) is 0 Å². The van der Waals surface area contributed by atoms with Crippen molar-refractivity contribution in [3.8, 4) is 0 Å². The first-order chi connectivity index (χ1) is 9.63. The Bertz CT molecular complexity index is 648. The third-order valence-electron chi connectivity index (χ3n) is 3.99. The molecule has 1 saturated carbocycles. The van der Waals surface area contributed by atoms with E-state index in [2.05, 4.69) is 29.6 Å². The number of hydrogen-bond donors (Lipinski definition) is 1. The molecule has 1 N–H and O–H groups in total. The number of carbonyl (C=O) groups is 1. The van der Waals surface area contributed by atoms with Gasteiger partial charge in [-0.1, -0.05) is 36.4 Å². The lowest BCUT2D eigenvalue weighted by Crippen LogP contribution is -2.48. The highest BCUT2D eigenvalue weighted by Crippen LogP contribution is 2.31. The zero-order valence-electron chi connectivity index (χ0n) is 11.8. The van der Waals surface area contributed by atoms with Crippen LogP contribution < -0.4 is 5.32 Å². The van der Waals surface area contributed by atoms with E-state index in [0.717, 1.165) is 23.8 Å². The Labute approximate surface area is 118 Å². The average Bonchev–Trinajstić information content (AvgIpc) is 3.29. The van der Waals surface area contributed by atoms with Crippen molar-refractivity contribution in [3.63, 3.8) is 0 Å². The van der Waals surface area contributed by atoms with E-state index in [1.54, 1.807) is 0 Å². The molecule has 3 heteroatoms. The van der Waals surface area contributed by atoms with Crippen LogP contribution in [0.25, 0.3) is 10.8 Å². The van der Waals surface area contributed by atoms with Crippen LogP contribution in [0.4, 0.5) is 0 Å².